The molecular formula is C10H16N7O3Pt+. The van der Waals surface area contributed by atoms with Crippen LogP contribution in [0.15, 0.2) is 32.8 Å². The van der Waals surface area contributed by atoms with E-state index >= 15 is 0 Å². The molecular weight excluding hydrogens is 461 g/mol. The van der Waals surface area contributed by atoms with Crippen molar-refractivity contribution in [3.05, 3.63) is 67.6 Å². The molecule has 0 saturated heterocycles. The summed E-state index contributed by atoms with van der Waals surface area (Å²) >= 11 is 0. The summed E-state index contributed by atoms with van der Waals surface area (Å²) in [6, 6.07) is 1.57. The van der Waals surface area contributed by atoms with Crippen molar-refractivity contribution in [3.63, 3.8) is 0 Å². The van der Waals surface area contributed by atoms with Crippen LogP contribution in [0.5, 0.6) is 0 Å². The van der Waals surface area contributed by atoms with Crippen LogP contribution in [0.1, 0.15) is 5.56 Å². The number of hydrogen-bond acceptors (Lipinski definition) is 5. The molecule has 0 aliphatic rings. The Morgan fingerprint density at radius 3 is 2.24 bits per heavy atom. The van der Waals surface area contributed by atoms with Gasteiger partial charge in [0.25, 0.3) is 0 Å². The SMILES string of the molecule is Cc1c[n-]c(=O)[nH]c1=O.Cn1ccc(N)nc1=O.[NH2-].[NH2-].[Pt+4]. The molecule has 7 N–H and O–H groups in total. The fraction of sp³-hybridized carbons (Fsp3) is 0.200. The van der Waals surface area contributed by atoms with E-state index in [1.165, 1.54) is 10.8 Å². The molecule has 118 valence electrons. The Morgan fingerprint density at radius 1 is 1.29 bits per heavy atom. The van der Waals surface area contributed by atoms with E-state index in [1.54, 1.807) is 26.2 Å². The van der Waals surface area contributed by atoms with Crippen LogP contribution in [0, 0.1) is 6.92 Å². The van der Waals surface area contributed by atoms with Crippen LogP contribution < -0.4 is 27.7 Å². The molecule has 0 spiro atoms. The predicted octanol–water partition coefficient (Wildman–Crippen LogP) is -0.205. The van der Waals surface area contributed by atoms with E-state index in [0.29, 0.717) is 5.56 Å². The van der Waals surface area contributed by atoms with Gasteiger partial charge < -0.3 is 32.6 Å². The van der Waals surface area contributed by atoms with Crippen LogP contribution in [0.25, 0.3) is 12.3 Å². The molecule has 0 aliphatic carbocycles. The van der Waals surface area contributed by atoms with E-state index in [0.717, 1.165) is 0 Å². The van der Waals surface area contributed by atoms with Gasteiger partial charge in [-0.1, -0.05) is 6.20 Å². The zero-order chi connectivity index (χ0) is 13.7. The van der Waals surface area contributed by atoms with Crippen molar-refractivity contribution in [2.24, 2.45) is 7.05 Å². The van der Waals surface area contributed by atoms with Crippen LogP contribution in [-0.2, 0) is 28.1 Å². The molecule has 11 heteroatoms. The number of nitrogens with one attached hydrogen (secondary N) is 1. The van der Waals surface area contributed by atoms with Gasteiger partial charge >= 0.3 is 26.8 Å². The molecule has 0 saturated carbocycles. The Bertz CT molecular complexity index is 707. The second-order valence-electron chi connectivity index (χ2n) is 3.45. The van der Waals surface area contributed by atoms with Crippen LogP contribution >= 0.6 is 0 Å². The van der Waals surface area contributed by atoms with Gasteiger partial charge in [-0.2, -0.15) is 4.98 Å². The summed E-state index contributed by atoms with van der Waals surface area (Å²) in [6.45, 7) is 1.59. The number of anilines is 1. The summed E-state index contributed by atoms with van der Waals surface area (Å²) in [5.41, 5.74) is 4.37. The number of nitrogens with two attached hydrogens (primary N) is 3. The average Bonchev–Trinajstić information content (AvgIpc) is 2.30. The topological polar surface area (TPSA) is 192 Å². The maximum Gasteiger partial charge on any atom is 4.00 e. The zero-order valence-corrected chi connectivity index (χ0v) is 13.6. The number of hydrogen-bond donors (Lipinski definition) is 2. The molecule has 0 bridgehead atoms. The Morgan fingerprint density at radius 2 is 1.86 bits per heavy atom. The molecule has 0 radical (unpaired) electrons. The Balaban J connectivity index is -0.000000270. The normalized spacial score (nSPS) is 8.10. The van der Waals surface area contributed by atoms with Crippen molar-refractivity contribution >= 4 is 5.82 Å². The van der Waals surface area contributed by atoms with Crippen LogP contribution in [0.4, 0.5) is 5.82 Å². The first-order valence-electron chi connectivity index (χ1n) is 4.92. The van der Waals surface area contributed by atoms with Crippen molar-refractivity contribution < 1.29 is 21.1 Å². The van der Waals surface area contributed by atoms with E-state index in [1.807, 2.05) is 4.98 Å². The number of aromatic nitrogens is 4. The molecule has 0 fully saturated rings. The molecule has 2 aromatic rings. The first kappa shape index (κ1) is 24.0. The standard InChI is InChI=1S/C5H7N3O.C5H6N2O2.2H2N.Pt/c1-8-3-2-4(6)7-5(8)9;1-3-2-6-5(9)7-4(3)8;;;/h2-3H,1H3,(H2,6,7,9);2H,1H3,(H2,6,7,8,9);2*1H2;/q;;2*-1;+4/p-1. The zero-order valence-electron chi connectivity index (χ0n) is 11.3. The molecule has 2 aromatic heterocycles. The van der Waals surface area contributed by atoms with Gasteiger partial charge in [-0.3, -0.25) is 9.59 Å². The smallest absolute Gasteiger partial charge is 0.693 e. The number of H-pyrrole nitrogens is 1. The quantitative estimate of drug-likeness (QED) is 0.527. The van der Waals surface area contributed by atoms with Crippen molar-refractivity contribution in [2.45, 2.75) is 6.92 Å². The minimum Gasteiger partial charge on any atom is -0.693 e. The van der Waals surface area contributed by atoms with E-state index in [4.69, 9.17) is 5.73 Å². The second kappa shape index (κ2) is 10.7. The molecule has 0 amide bonds. The number of aromatic amines is 1. The number of nitrogens with zero attached hydrogens (tertiary/aromatic N) is 3. The third kappa shape index (κ3) is 7.98. The monoisotopic (exact) mass is 477 g/mol. The molecule has 0 unspecified atom stereocenters. The number of aryl methyl sites for hydroxylation is 2. The largest absolute Gasteiger partial charge is 4.00 e. The summed E-state index contributed by atoms with van der Waals surface area (Å²) in [5, 5.41) is 0. The van der Waals surface area contributed by atoms with Gasteiger partial charge in [0.2, 0.25) is 0 Å². The summed E-state index contributed by atoms with van der Waals surface area (Å²) < 4.78 is 1.36. The van der Waals surface area contributed by atoms with E-state index < -0.39 is 5.69 Å². The molecule has 21 heavy (non-hydrogen) atoms. The van der Waals surface area contributed by atoms with Crippen LogP contribution in [-0.4, -0.2) is 14.5 Å². The summed E-state index contributed by atoms with van der Waals surface area (Å²) in [6.07, 6.45) is 2.83. The van der Waals surface area contributed by atoms with E-state index in [-0.39, 0.29) is 50.4 Å². The Hall–Kier alpha value is -2.03. The molecule has 0 aromatic carbocycles. The minimum absolute atomic E-state index is 0. The Labute approximate surface area is 134 Å². The average molecular weight is 477 g/mol. The molecule has 2 rings (SSSR count). The van der Waals surface area contributed by atoms with Gasteiger partial charge in [0.15, 0.2) is 11.2 Å². The van der Waals surface area contributed by atoms with Gasteiger partial charge in [-0.25, -0.2) is 4.79 Å². The Kier molecular flexibility index (Phi) is 12.3. The van der Waals surface area contributed by atoms with Crippen molar-refractivity contribution in [3.8, 4) is 0 Å². The molecule has 2 heterocycles. The van der Waals surface area contributed by atoms with Gasteiger partial charge in [0.1, 0.15) is 5.82 Å². The number of rotatable bonds is 0. The number of nitrogen functional groups attached to an aromatic ring is 1. The fourth-order valence-corrected chi connectivity index (χ4v) is 0.921. The minimum atomic E-state index is -0.592. The molecule has 0 atom stereocenters. The van der Waals surface area contributed by atoms with Crippen LogP contribution in [0.2, 0.25) is 0 Å². The third-order valence-electron chi connectivity index (χ3n) is 1.95. The third-order valence-corrected chi connectivity index (χ3v) is 1.95. The van der Waals surface area contributed by atoms with E-state index in [2.05, 4.69) is 9.97 Å². The van der Waals surface area contributed by atoms with E-state index in [9.17, 15) is 14.4 Å². The van der Waals surface area contributed by atoms with Gasteiger partial charge in [0.05, 0.1) is 0 Å². The maximum atomic E-state index is 10.6. The molecule has 0 aliphatic heterocycles. The first-order valence-corrected chi connectivity index (χ1v) is 4.92. The van der Waals surface area contributed by atoms with Gasteiger partial charge in [-0.05, 0) is 18.6 Å². The van der Waals surface area contributed by atoms with Gasteiger partial charge in [0, 0.05) is 13.2 Å². The van der Waals surface area contributed by atoms with Crippen molar-refractivity contribution in [1.29, 1.82) is 0 Å². The fourth-order valence-electron chi connectivity index (χ4n) is 0.921. The summed E-state index contributed by atoms with van der Waals surface area (Å²) in [7, 11) is 1.62. The van der Waals surface area contributed by atoms with Crippen molar-refractivity contribution in [2.75, 3.05) is 5.73 Å². The summed E-state index contributed by atoms with van der Waals surface area (Å²) in [4.78, 5) is 40.2. The predicted molar refractivity (Wildman–Crippen MR) is 75.8 cm³/mol. The maximum absolute atomic E-state index is 10.6. The van der Waals surface area contributed by atoms with Gasteiger partial charge in [-0.15, -0.1) is 0 Å². The van der Waals surface area contributed by atoms with Crippen molar-refractivity contribution in [1.82, 2.24) is 19.5 Å². The van der Waals surface area contributed by atoms with Crippen LogP contribution in [0.3, 0.4) is 0 Å². The molecule has 10 nitrogen and oxygen atoms in total. The first-order chi connectivity index (χ1) is 8.40. The summed E-state index contributed by atoms with van der Waals surface area (Å²) in [5.74, 6) is 0.262. The second-order valence-corrected chi connectivity index (χ2v) is 3.45.